The summed E-state index contributed by atoms with van der Waals surface area (Å²) < 4.78 is 10.3. The summed E-state index contributed by atoms with van der Waals surface area (Å²) in [7, 11) is 1.31. The summed E-state index contributed by atoms with van der Waals surface area (Å²) in [4.78, 5) is 25.0. The Morgan fingerprint density at radius 2 is 2.13 bits per heavy atom. The molecule has 1 amide bonds. The van der Waals surface area contributed by atoms with Gasteiger partial charge in [0, 0.05) is 18.5 Å². The van der Waals surface area contributed by atoms with Gasteiger partial charge in [0.2, 0.25) is 11.8 Å². The standard InChI is InChI=1S/C16H17N3O4/c1-9-4-5-12(10(2)6-9)14-17-18-16(23-14)19-8-11(7-13(19)20)15(21)22-3/h4-6,11H,7-8H2,1-3H3. The highest BCUT2D eigenvalue weighted by Gasteiger charge is 2.38. The van der Waals surface area contributed by atoms with E-state index in [4.69, 9.17) is 4.42 Å². The second-order valence-corrected chi connectivity index (χ2v) is 5.64. The predicted molar refractivity (Wildman–Crippen MR) is 81.7 cm³/mol. The number of ether oxygens (including phenoxy) is 1. The van der Waals surface area contributed by atoms with E-state index in [0.717, 1.165) is 16.7 Å². The van der Waals surface area contributed by atoms with Gasteiger partial charge in [-0.1, -0.05) is 22.8 Å². The smallest absolute Gasteiger partial charge is 0.325 e. The average Bonchev–Trinajstić information content (AvgIpc) is 3.13. The molecule has 1 aliphatic heterocycles. The molecule has 1 atom stereocenters. The Morgan fingerprint density at radius 1 is 1.35 bits per heavy atom. The number of hydrogen-bond acceptors (Lipinski definition) is 6. The van der Waals surface area contributed by atoms with Crippen molar-refractivity contribution in [2.45, 2.75) is 20.3 Å². The highest BCUT2D eigenvalue weighted by Crippen LogP contribution is 2.29. The molecule has 0 N–H and O–H groups in total. The molecule has 1 aliphatic rings. The molecular formula is C16H17N3O4. The Balaban J connectivity index is 1.85. The van der Waals surface area contributed by atoms with Crippen molar-refractivity contribution in [1.29, 1.82) is 0 Å². The van der Waals surface area contributed by atoms with Crippen molar-refractivity contribution in [1.82, 2.24) is 10.2 Å². The van der Waals surface area contributed by atoms with E-state index in [0.29, 0.717) is 5.89 Å². The lowest BCUT2D eigenvalue weighted by atomic mass is 10.1. The molecule has 2 heterocycles. The van der Waals surface area contributed by atoms with Gasteiger partial charge in [-0.15, -0.1) is 5.10 Å². The summed E-state index contributed by atoms with van der Waals surface area (Å²) >= 11 is 0. The fraction of sp³-hybridized carbons (Fsp3) is 0.375. The molecule has 23 heavy (non-hydrogen) atoms. The van der Waals surface area contributed by atoms with Crippen LogP contribution in [0.25, 0.3) is 11.5 Å². The van der Waals surface area contributed by atoms with Crippen molar-refractivity contribution < 1.29 is 18.7 Å². The number of rotatable bonds is 3. The van der Waals surface area contributed by atoms with Crippen LogP contribution in [-0.4, -0.2) is 35.7 Å². The summed E-state index contributed by atoms with van der Waals surface area (Å²) in [6.45, 7) is 4.16. The molecule has 2 aromatic rings. The summed E-state index contributed by atoms with van der Waals surface area (Å²) in [6, 6.07) is 6.00. The number of carbonyl (C=O) groups excluding carboxylic acids is 2. The zero-order valence-electron chi connectivity index (χ0n) is 13.2. The maximum atomic E-state index is 12.1. The summed E-state index contributed by atoms with van der Waals surface area (Å²) in [5.74, 6) is -0.776. The van der Waals surface area contributed by atoms with Crippen LogP contribution in [0, 0.1) is 19.8 Å². The number of benzene rings is 1. The first-order chi connectivity index (χ1) is 11.0. The van der Waals surface area contributed by atoms with Crippen LogP contribution in [0.3, 0.4) is 0 Å². The van der Waals surface area contributed by atoms with Crippen LogP contribution in [0.15, 0.2) is 22.6 Å². The number of aromatic nitrogens is 2. The molecule has 1 fully saturated rings. The summed E-state index contributed by atoms with van der Waals surface area (Å²) in [5, 5.41) is 7.96. The van der Waals surface area contributed by atoms with Crippen LogP contribution >= 0.6 is 0 Å². The molecule has 7 heteroatoms. The van der Waals surface area contributed by atoms with Crippen molar-refractivity contribution in [3.63, 3.8) is 0 Å². The molecule has 0 spiro atoms. The number of methoxy groups -OCH3 is 1. The van der Waals surface area contributed by atoms with Crippen LogP contribution < -0.4 is 4.90 Å². The lowest BCUT2D eigenvalue weighted by Gasteiger charge is -2.10. The van der Waals surface area contributed by atoms with E-state index in [2.05, 4.69) is 14.9 Å². The van der Waals surface area contributed by atoms with E-state index < -0.39 is 11.9 Å². The lowest BCUT2D eigenvalue weighted by Crippen LogP contribution is -2.26. The molecule has 3 rings (SSSR count). The van der Waals surface area contributed by atoms with Gasteiger partial charge in [-0.25, -0.2) is 0 Å². The fourth-order valence-electron chi connectivity index (χ4n) is 2.70. The zero-order valence-corrected chi connectivity index (χ0v) is 13.2. The van der Waals surface area contributed by atoms with Gasteiger partial charge < -0.3 is 9.15 Å². The monoisotopic (exact) mass is 315 g/mol. The van der Waals surface area contributed by atoms with Crippen molar-refractivity contribution >= 4 is 17.9 Å². The van der Waals surface area contributed by atoms with Gasteiger partial charge in [0.25, 0.3) is 0 Å². The second kappa shape index (κ2) is 5.83. The number of anilines is 1. The number of esters is 1. The Labute approximate surface area is 133 Å². The topological polar surface area (TPSA) is 85.5 Å². The minimum absolute atomic E-state index is 0.0912. The van der Waals surface area contributed by atoms with E-state index in [1.807, 2.05) is 32.0 Å². The Kier molecular flexibility index (Phi) is 3.85. The minimum Gasteiger partial charge on any atom is -0.469 e. The molecule has 0 radical (unpaired) electrons. The van der Waals surface area contributed by atoms with Crippen LogP contribution in [0.5, 0.6) is 0 Å². The molecule has 0 saturated carbocycles. The molecule has 120 valence electrons. The van der Waals surface area contributed by atoms with E-state index in [1.54, 1.807) is 0 Å². The van der Waals surface area contributed by atoms with Gasteiger partial charge in [-0.05, 0) is 25.5 Å². The normalized spacial score (nSPS) is 17.6. The lowest BCUT2D eigenvalue weighted by molar-refractivity contribution is -0.145. The van der Waals surface area contributed by atoms with Crippen molar-refractivity contribution in [3.8, 4) is 11.5 Å². The molecular weight excluding hydrogens is 298 g/mol. The fourth-order valence-corrected chi connectivity index (χ4v) is 2.70. The second-order valence-electron chi connectivity index (χ2n) is 5.64. The minimum atomic E-state index is -0.496. The van der Waals surface area contributed by atoms with Gasteiger partial charge in [0.05, 0.1) is 13.0 Å². The molecule has 0 bridgehead atoms. The van der Waals surface area contributed by atoms with Gasteiger partial charge in [-0.2, -0.15) is 0 Å². The van der Waals surface area contributed by atoms with Gasteiger partial charge in [0.15, 0.2) is 0 Å². The summed E-state index contributed by atoms with van der Waals surface area (Å²) in [5.41, 5.74) is 2.98. The van der Waals surface area contributed by atoms with Gasteiger partial charge in [-0.3, -0.25) is 14.5 Å². The summed E-state index contributed by atoms with van der Waals surface area (Å²) in [6.07, 6.45) is 0.0912. The third-order valence-electron chi connectivity index (χ3n) is 3.92. The molecule has 1 unspecified atom stereocenters. The first kappa shape index (κ1) is 15.2. The third-order valence-corrected chi connectivity index (χ3v) is 3.92. The number of amides is 1. The van der Waals surface area contributed by atoms with Crippen LogP contribution in [0.4, 0.5) is 6.01 Å². The van der Waals surface area contributed by atoms with Crippen LogP contribution in [0.2, 0.25) is 0 Å². The quantitative estimate of drug-likeness (QED) is 0.804. The first-order valence-electron chi connectivity index (χ1n) is 7.29. The molecule has 1 aromatic heterocycles. The molecule has 1 saturated heterocycles. The Bertz CT molecular complexity index is 768. The van der Waals surface area contributed by atoms with Crippen molar-refractivity contribution in [2.75, 3.05) is 18.6 Å². The van der Waals surface area contributed by atoms with E-state index >= 15 is 0 Å². The number of carbonyl (C=O) groups is 2. The number of hydrogen-bond donors (Lipinski definition) is 0. The molecule has 1 aromatic carbocycles. The molecule has 0 aliphatic carbocycles. The first-order valence-corrected chi connectivity index (χ1v) is 7.29. The number of nitrogens with zero attached hydrogens (tertiary/aromatic N) is 3. The SMILES string of the molecule is COC(=O)C1CC(=O)N(c2nnc(-c3ccc(C)cc3C)o2)C1. The highest BCUT2D eigenvalue weighted by molar-refractivity contribution is 5.97. The van der Waals surface area contributed by atoms with E-state index in [1.165, 1.54) is 12.0 Å². The van der Waals surface area contributed by atoms with Crippen molar-refractivity contribution in [2.24, 2.45) is 5.92 Å². The van der Waals surface area contributed by atoms with Gasteiger partial charge in [0.1, 0.15) is 0 Å². The largest absolute Gasteiger partial charge is 0.469 e. The third kappa shape index (κ3) is 2.81. The van der Waals surface area contributed by atoms with E-state index in [-0.39, 0.29) is 24.9 Å². The van der Waals surface area contributed by atoms with Crippen LogP contribution in [0.1, 0.15) is 17.5 Å². The zero-order chi connectivity index (χ0) is 16.6. The maximum absolute atomic E-state index is 12.1. The van der Waals surface area contributed by atoms with Crippen molar-refractivity contribution in [3.05, 3.63) is 29.3 Å². The highest BCUT2D eigenvalue weighted by atomic mass is 16.5. The predicted octanol–water partition coefficient (Wildman–Crippen LogP) is 1.88. The Hall–Kier alpha value is -2.70. The average molecular weight is 315 g/mol. The maximum Gasteiger partial charge on any atom is 0.325 e. The Morgan fingerprint density at radius 3 is 2.83 bits per heavy atom. The van der Waals surface area contributed by atoms with Gasteiger partial charge >= 0.3 is 12.0 Å². The molecule has 7 nitrogen and oxygen atoms in total. The van der Waals surface area contributed by atoms with Crippen LogP contribution in [-0.2, 0) is 14.3 Å². The van der Waals surface area contributed by atoms with E-state index in [9.17, 15) is 9.59 Å². The number of aryl methyl sites for hydroxylation is 2.